The van der Waals surface area contributed by atoms with E-state index in [0.717, 1.165) is 16.3 Å². The molecule has 0 bridgehead atoms. The molecule has 0 fully saturated rings. The van der Waals surface area contributed by atoms with Gasteiger partial charge in [0.2, 0.25) is 0 Å². The number of hydrogen-bond acceptors (Lipinski definition) is 8. The maximum Gasteiger partial charge on any atom is 0.392 e. The number of esters is 1. The average molecular weight is 605 g/mol. The zero-order chi connectivity index (χ0) is 30.7. The Bertz CT molecular complexity index is 1260. The van der Waals surface area contributed by atoms with E-state index in [4.69, 9.17) is 9.47 Å². The zero-order valence-corrected chi connectivity index (χ0v) is 23.0. The number of aromatic nitrogens is 2. The molecule has 0 saturated carbocycles. The van der Waals surface area contributed by atoms with E-state index >= 15 is 0 Å². The van der Waals surface area contributed by atoms with Crippen LogP contribution in [0.25, 0.3) is 0 Å². The van der Waals surface area contributed by atoms with Gasteiger partial charge in [-0.15, -0.1) is 0 Å². The van der Waals surface area contributed by atoms with Gasteiger partial charge in [0.1, 0.15) is 18.0 Å². The first-order valence-corrected chi connectivity index (χ1v) is 13.3. The summed E-state index contributed by atoms with van der Waals surface area (Å²) in [6.07, 6.45) is -11.2. The first-order chi connectivity index (χ1) is 18.3. The predicted octanol–water partition coefficient (Wildman–Crippen LogP) is 4.91. The molecule has 2 aromatic rings. The average Bonchev–Trinajstić information content (AvgIpc) is 2.79. The third-order valence-electron chi connectivity index (χ3n) is 4.70. The van der Waals surface area contributed by atoms with Crippen LogP contribution in [-0.4, -0.2) is 56.3 Å². The lowest BCUT2D eigenvalue weighted by atomic mass is 10.1. The molecule has 0 amide bonds. The molecular weight excluding hydrogens is 574 g/mol. The summed E-state index contributed by atoms with van der Waals surface area (Å²) in [5.41, 5.74) is 0.500. The quantitative estimate of drug-likeness (QED) is 0.202. The van der Waals surface area contributed by atoms with Gasteiger partial charge in [-0.25, -0.2) is 4.68 Å². The van der Waals surface area contributed by atoms with Crippen molar-refractivity contribution in [3.63, 3.8) is 0 Å². The molecule has 0 spiro atoms. The Morgan fingerprint density at radius 3 is 2.05 bits per heavy atom. The first kappa shape index (κ1) is 34.9. The van der Waals surface area contributed by atoms with Crippen LogP contribution in [0.4, 0.5) is 26.3 Å². The van der Waals surface area contributed by atoms with Crippen LogP contribution in [0.15, 0.2) is 40.0 Å². The molecule has 1 aromatic heterocycles. The molecular formula is C24H30F6N2O7S. The Balaban J connectivity index is 0.000000418. The number of nitrogens with zero attached hydrogens (tertiary/aromatic N) is 2. The highest BCUT2D eigenvalue weighted by atomic mass is 32.2. The van der Waals surface area contributed by atoms with Gasteiger partial charge in [0, 0.05) is 12.0 Å². The summed E-state index contributed by atoms with van der Waals surface area (Å²) in [6.45, 7) is 5.19. The summed E-state index contributed by atoms with van der Waals surface area (Å²) in [4.78, 5) is 23.2. The minimum absolute atomic E-state index is 0.00522. The molecule has 1 heterocycles. The molecule has 0 aliphatic rings. The molecule has 226 valence electrons. The SMILES string of the molecule is CCOC(=O)Cn1nc(C(C)C)c(OCCC(F)(F)F)cc1=O.Cc1ccc(S(=O)(=O)OCCC(F)(F)F)cc1. The second-order valence-corrected chi connectivity index (χ2v) is 10.1. The number of alkyl halides is 6. The molecule has 40 heavy (non-hydrogen) atoms. The largest absolute Gasteiger partial charge is 0.491 e. The molecule has 0 atom stereocenters. The monoisotopic (exact) mass is 604 g/mol. The number of aryl methyl sites for hydroxylation is 1. The molecule has 0 radical (unpaired) electrons. The molecule has 1 aromatic carbocycles. The molecule has 0 unspecified atom stereocenters. The maximum atomic E-state index is 12.2. The number of benzene rings is 1. The summed E-state index contributed by atoms with van der Waals surface area (Å²) in [5, 5.41) is 4.01. The Kier molecular flexibility index (Phi) is 13.1. The van der Waals surface area contributed by atoms with Gasteiger partial charge in [-0.2, -0.15) is 39.9 Å². The van der Waals surface area contributed by atoms with Gasteiger partial charge in [-0.3, -0.25) is 13.8 Å². The Morgan fingerprint density at radius 2 is 1.55 bits per heavy atom. The van der Waals surface area contributed by atoms with Crippen molar-refractivity contribution in [1.82, 2.24) is 9.78 Å². The number of ether oxygens (including phenoxy) is 2. The third-order valence-corrected chi connectivity index (χ3v) is 6.02. The van der Waals surface area contributed by atoms with Crippen molar-refractivity contribution in [2.75, 3.05) is 19.8 Å². The van der Waals surface area contributed by atoms with Crippen LogP contribution in [0.1, 0.15) is 50.8 Å². The van der Waals surface area contributed by atoms with Gasteiger partial charge in [0.15, 0.2) is 0 Å². The van der Waals surface area contributed by atoms with Gasteiger partial charge in [0.25, 0.3) is 15.7 Å². The molecule has 0 N–H and O–H groups in total. The number of carbonyl (C=O) groups excluding carboxylic acids is 1. The summed E-state index contributed by atoms with van der Waals surface area (Å²) in [6, 6.07) is 6.70. The van der Waals surface area contributed by atoms with Crippen molar-refractivity contribution in [3.8, 4) is 5.75 Å². The highest BCUT2D eigenvalue weighted by Crippen LogP contribution is 2.25. The highest BCUT2D eigenvalue weighted by molar-refractivity contribution is 7.86. The fraction of sp³-hybridized carbons (Fsp3) is 0.542. The molecule has 16 heteroatoms. The Hall–Kier alpha value is -3.14. The van der Waals surface area contributed by atoms with Crippen LogP contribution in [0.3, 0.4) is 0 Å². The van der Waals surface area contributed by atoms with Gasteiger partial charge in [-0.1, -0.05) is 31.5 Å². The Labute approximate surface area is 227 Å². The van der Waals surface area contributed by atoms with Crippen molar-refractivity contribution >= 4 is 16.1 Å². The third kappa shape index (κ3) is 13.3. The topological polar surface area (TPSA) is 114 Å². The fourth-order valence-corrected chi connectivity index (χ4v) is 3.67. The number of hydrogen-bond donors (Lipinski definition) is 0. The zero-order valence-electron chi connectivity index (χ0n) is 22.1. The summed E-state index contributed by atoms with van der Waals surface area (Å²) >= 11 is 0. The summed E-state index contributed by atoms with van der Waals surface area (Å²) in [7, 11) is -4.10. The first-order valence-electron chi connectivity index (χ1n) is 11.8. The number of rotatable bonds is 11. The van der Waals surface area contributed by atoms with E-state index in [9.17, 15) is 44.3 Å². The second kappa shape index (κ2) is 15.0. The number of halogens is 6. The maximum absolute atomic E-state index is 12.2. The lowest BCUT2D eigenvalue weighted by Crippen LogP contribution is -2.29. The summed E-state index contributed by atoms with van der Waals surface area (Å²) < 4.78 is 110. The van der Waals surface area contributed by atoms with Crippen molar-refractivity contribution < 1.29 is 53.2 Å². The molecule has 0 saturated heterocycles. The summed E-state index contributed by atoms with van der Waals surface area (Å²) in [5.74, 6) is -0.832. The van der Waals surface area contributed by atoms with Crippen molar-refractivity contribution in [3.05, 3.63) is 51.9 Å². The predicted molar refractivity (Wildman–Crippen MR) is 130 cm³/mol. The van der Waals surface area contributed by atoms with E-state index in [1.54, 1.807) is 39.8 Å². The van der Waals surface area contributed by atoms with Crippen molar-refractivity contribution in [2.24, 2.45) is 0 Å². The van der Waals surface area contributed by atoms with Gasteiger partial charge >= 0.3 is 18.3 Å². The van der Waals surface area contributed by atoms with Crippen LogP contribution in [0, 0.1) is 6.92 Å². The van der Waals surface area contributed by atoms with Crippen LogP contribution >= 0.6 is 0 Å². The van der Waals surface area contributed by atoms with Crippen LogP contribution < -0.4 is 10.3 Å². The van der Waals surface area contributed by atoms with Gasteiger partial charge in [0.05, 0.1) is 37.6 Å². The Morgan fingerprint density at radius 1 is 1.00 bits per heavy atom. The van der Waals surface area contributed by atoms with E-state index < -0.39 is 60.1 Å². The van der Waals surface area contributed by atoms with Crippen molar-refractivity contribution in [2.45, 2.75) is 70.2 Å². The lowest BCUT2D eigenvalue weighted by Gasteiger charge is -2.15. The molecule has 0 aliphatic carbocycles. The normalized spacial score (nSPS) is 12.1. The van der Waals surface area contributed by atoms with Gasteiger partial charge in [-0.05, 0) is 26.0 Å². The van der Waals surface area contributed by atoms with Crippen LogP contribution in [-0.2, 0) is 30.4 Å². The van der Waals surface area contributed by atoms with Crippen molar-refractivity contribution in [1.29, 1.82) is 0 Å². The smallest absolute Gasteiger partial charge is 0.392 e. The van der Waals surface area contributed by atoms with E-state index in [-0.39, 0.29) is 29.7 Å². The minimum Gasteiger partial charge on any atom is -0.491 e. The van der Waals surface area contributed by atoms with E-state index in [2.05, 4.69) is 9.28 Å². The minimum atomic E-state index is -4.43. The number of carbonyl (C=O) groups is 1. The van der Waals surface area contributed by atoms with E-state index in [1.165, 1.54) is 12.1 Å². The second-order valence-electron chi connectivity index (χ2n) is 8.52. The highest BCUT2D eigenvalue weighted by Gasteiger charge is 2.29. The molecule has 0 aliphatic heterocycles. The van der Waals surface area contributed by atoms with Crippen LogP contribution in [0.5, 0.6) is 5.75 Å². The van der Waals surface area contributed by atoms with E-state index in [1.807, 2.05) is 0 Å². The van der Waals surface area contributed by atoms with E-state index in [0.29, 0.717) is 5.69 Å². The van der Waals surface area contributed by atoms with Gasteiger partial charge < -0.3 is 9.47 Å². The standard InChI is InChI=1S/C14H19F3N2O4.C10H11F3O3S/c1-4-22-12(21)8-19-11(20)7-10(13(18-19)9(2)3)23-6-5-14(15,16)17;1-8-2-4-9(5-3-8)17(14,15)16-7-6-10(11,12)13/h7,9H,4-6,8H2,1-3H3;2-5H,6-7H2,1H3. The van der Waals surface area contributed by atoms with Crippen LogP contribution in [0.2, 0.25) is 0 Å². The lowest BCUT2D eigenvalue weighted by molar-refractivity contribution is -0.144. The molecule has 9 nitrogen and oxygen atoms in total. The fourth-order valence-electron chi connectivity index (χ4n) is 2.76. The molecule has 2 rings (SSSR count).